The molecule has 4 nitrogen and oxygen atoms in total. The molecule has 2 aromatic heterocycles. The highest BCUT2D eigenvalue weighted by atomic mass is 35.5. The Bertz CT molecular complexity index is 546. The molecule has 0 aliphatic carbocycles. The second-order valence-corrected chi connectivity index (χ2v) is 4.73. The van der Waals surface area contributed by atoms with Crippen LogP contribution in [0.1, 0.15) is 19.4 Å². The molecule has 0 aromatic carbocycles. The summed E-state index contributed by atoms with van der Waals surface area (Å²) >= 11 is 6.04. The third kappa shape index (κ3) is 3.83. The molecule has 0 bridgehead atoms. The number of aromatic nitrogens is 2. The van der Waals surface area contributed by atoms with Crippen LogP contribution < -0.4 is 10.1 Å². The number of hydrogen-bond acceptors (Lipinski definition) is 4. The SMILES string of the molecule is CC(C)Oc1ncccc1CNc1ncccc1Cl. The standard InChI is InChI=1S/C14H16ClN3O/c1-10(2)19-14-11(5-3-8-17-14)9-18-13-12(15)6-4-7-16-13/h3-8,10H,9H2,1-2H3,(H,16,18). The first-order valence-corrected chi connectivity index (χ1v) is 6.49. The number of pyridine rings is 2. The van der Waals surface area contributed by atoms with Crippen LogP contribution in [0.2, 0.25) is 5.02 Å². The fourth-order valence-electron chi connectivity index (χ4n) is 1.58. The number of anilines is 1. The first-order valence-electron chi connectivity index (χ1n) is 6.11. The Labute approximate surface area is 117 Å². The molecule has 0 atom stereocenters. The van der Waals surface area contributed by atoms with Crippen molar-refractivity contribution < 1.29 is 4.74 Å². The van der Waals surface area contributed by atoms with E-state index >= 15 is 0 Å². The average molecular weight is 278 g/mol. The number of rotatable bonds is 5. The topological polar surface area (TPSA) is 47.0 Å². The smallest absolute Gasteiger partial charge is 0.218 e. The van der Waals surface area contributed by atoms with E-state index < -0.39 is 0 Å². The lowest BCUT2D eigenvalue weighted by molar-refractivity contribution is 0.230. The zero-order valence-corrected chi connectivity index (χ0v) is 11.7. The third-order valence-corrected chi connectivity index (χ3v) is 2.71. The molecule has 100 valence electrons. The van der Waals surface area contributed by atoms with E-state index in [1.54, 1.807) is 24.5 Å². The van der Waals surface area contributed by atoms with E-state index in [4.69, 9.17) is 16.3 Å². The van der Waals surface area contributed by atoms with Gasteiger partial charge in [0.05, 0.1) is 11.1 Å². The summed E-state index contributed by atoms with van der Waals surface area (Å²) in [5.74, 6) is 1.29. The molecule has 5 heteroatoms. The van der Waals surface area contributed by atoms with Gasteiger partial charge in [0.2, 0.25) is 5.88 Å². The molecule has 1 N–H and O–H groups in total. The van der Waals surface area contributed by atoms with Crippen LogP contribution in [0, 0.1) is 0 Å². The van der Waals surface area contributed by atoms with Gasteiger partial charge in [0.1, 0.15) is 5.82 Å². The van der Waals surface area contributed by atoms with Crippen molar-refractivity contribution in [3.63, 3.8) is 0 Å². The van der Waals surface area contributed by atoms with Gasteiger partial charge in [0.25, 0.3) is 0 Å². The highest BCUT2D eigenvalue weighted by Crippen LogP contribution is 2.21. The lowest BCUT2D eigenvalue weighted by Gasteiger charge is -2.13. The maximum absolute atomic E-state index is 6.04. The van der Waals surface area contributed by atoms with E-state index in [9.17, 15) is 0 Å². The molecule has 0 aliphatic heterocycles. The summed E-state index contributed by atoms with van der Waals surface area (Å²) < 4.78 is 5.66. The average Bonchev–Trinajstić information content (AvgIpc) is 2.39. The fourth-order valence-corrected chi connectivity index (χ4v) is 1.77. The Balaban J connectivity index is 2.09. The van der Waals surface area contributed by atoms with E-state index in [1.807, 2.05) is 26.0 Å². The molecule has 2 heterocycles. The summed E-state index contributed by atoms with van der Waals surface area (Å²) in [6, 6.07) is 7.44. The van der Waals surface area contributed by atoms with Gasteiger partial charge in [-0.2, -0.15) is 0 Å². The third-order valence-electron chi connectivity index (χ3n) is 2.40. The first kappa shape index (κ1) is 13.6. The van der Waals surface area contributed by atoms with Crippen molar-refractivity contribution in [1.82, 2.24) is 9.97 Å². The van der Waals surface area contributed by atoms with E-state index in [2.05, 4.69) is 15.3 Å². The van der Waals surface area contributed by atoms with Crippen LogP contribution in [0.15, 0.2) is 36.7 Å². The minimum Gasteiger partial charge on any atom is -0.475 e. The minimum atomic E-state index is 0.0899. The van der Waals surface area contributed by atoms with Crippen molar-refractivity contribution in [2.45, 2.75) is 26.5 Å². The summed E-state index contributed by atoms with van der Waals surface area (Å²) in [4.78, 5) is 8.42. The van der Waals surface area contributed by atoms with E-state index in [1.165, 1.54) is 0 Å². The molecule has 0 radical (unpaired) electrons. The number of nitrogens with one attached hydrogen (secondary N) is 1. The molecule has 0 spiro atoms. The first-order chi connectivity index (χ1) is 9.16. The van der Waals surface area contributed by atoms with Gasteiger partial charge in [-0.1, -0.05) is 17.7 Å². The zero-order valence-electron chi connectivity index (χ0n) is 10.9. The maximum atomic E-state index is 6.04. The molecule has 0 saturated heterocycles. The van der Waals surface area contributed by atoms with Gasteiger partial charge in [-0.25, -0.2) is 9.97 Å². The van der Waals surface area contributed by atoms with Gasteiger partial charge < -0.3 is 10.1 Å². The summed E-state index contributed by atoms with van der Waals surface area (Å²) in [5, 5.41) is 3.77. The molecular weight excluding hydrogens is 262 g/mol. The summed E-state index contributed by atoms with van der Waals surface area (Å²) in [5.41, 5.74) is 0.970. The molecule has 0 amide bonds. The van der Waals surface area contributed by atoms with Crippen LogP contribution >= 0.6 is 11.6 Å². The normalized spacial score (nSPS) is 10.5. The number of ether oxygens (including phenoxy) is 1. The lowest BCUT2D eigenvalue weighted by atomic mass is 10.2. The predicted octanol–water partition coefficient (Wildman–Crippen LogP) is 3.53. The minimum absolute atomic E-state index is 0.0899. The molecule has 0 unspecified atom stereocenters. The highest BCUT2D eigenvalue weighted by Gasteiger charge is 2.07. The van der Waals surface area contributed by atoms with Crippen molar-refractivity contribution in [3.8, 4) is 5.88 Å². The number of nitrogens with zero attached hydrogens (tertiary/aromatic N) is 2. The van der Waals surface area contributed by atoms with Crippen LogP contribution in [-0.4, -0.2) is 16.1 Å². The molecule has 0 aliphatic rings. The van der Waals surface area contributed by atoms with Gasteiger partial charge in [0.15, 0.2) is 0 Å². The Morgan fingerprint density at radius 3 is 2.68 bits per heavy atom. The van der Waals surface area contributed by atoms with Crippen LogP contribution in [0.25, 0.3) is 0 Å². The van der Waals surface area contributed by atoms with Gasteiger partial charge in [-0.3, -0.25) is 0 Å². The van der Waals surface area contributed by atoms with E-state index in [0.717, 1.165) is 5.56 Å². The number of halogens is 1. The lowest BCUT2D eigenvalue weighted by Crippen LogP contribution is -2.11. The second-order valence-electron chi connectivity index (χ2n) is 4.32. The van der Waals surface area contributed by atoms with Crippen molar-refractivity contribution in [2.24, 2.45) is 0 Å². The van der Waals surface area contributed by atoms with Crippen LogP contribution in [0.5, 0.6) is 5.88 Å². The summed E-state index contributed by atoms with van der Waals surface area (Å²) in [6.45, 7) is 4.51. The summed E-state index contributed by atoms with van der Waals surface area (Å²) in [6.07, 6.45) is 3.50. The number of hydrogen-bond donors (Lipinski definition) is 1. The van der Waals surface area contributed by atoms with Crippen LogP contribution in [0.3, 0.4) is 0 Å². The van der Waals surface area contributed by atoms with Crippen LogP contribution in [0.4, 0.5) is 5.82 Å². The zero-order chi connectivity index (χ0) is 13.7. The van der Waals surface area contributed by atoms with Gasteiger partial charge >= 0.3 is 0 Å². The van der Waals surface area contributed by atoms with E-state index in [-0.39, 0.29) is 6.10 Å². The Morgan fingerprint density at radius 2 is 1.95 bits per heavy atom. The Hall–Kier alpha value is -1.81. The fraction of sp³-hybridized carbons (Fsp3) is 0.286. The van der Waals surface area contributed by atoms with Crippen molar-refractivity contribution >= 4 is 17.4 Å². The molecule has 19 heavy (non-hydrogen) atoms. The summed E-state index contributed by atoms with van der Waals surface area (Å²) in [7, 11) is 0. The molecule has 0 fully saturated rings. The molecular formula is C14H16ClN3O. The van der Waals surface area contributed by atoms with Gasteiger partial charge in [0, 0.05) is 24.5 Å². The highest BCUT2D eigenvalue weighted by molar-refractivity contribution is 6.32. The quantitative estimate of drug-likeness (QED) is 0.908. The van der Waals surface area contributed by atoms with Crippen LogP contribution in [-0.2, 0) is 6.54 Å². The van der Waals surface area contributed by atoms with Crippen molar-refractivity contribution in [3.05, 3.63) is 47.2 Å². The largest absolute Gasteiger partial charge is 0.475 e. The van der Waals surface area contributed by atoms with Crippen molar-refractivity contribution in [1.29, 1.82) is 0 Å². The van der Waals surface area contributed by atoms with Gasteiger partial charge in [-0.15, -0.1) is 0 Å². The molecule has 2 rings (SSSR count). The Morgan fingerprint density at radius 1 is 1.21 bits per heavy atom. The van der Waals surface area contributed by atoms with Crippen molar-refractivity contribution in [2.75, 3.05) is 5.32 Å². The molecule has 0 saturated carbocycles. The molecule has 2 aromatic rings. The Kier molecular flexibility index (Phi) is 4.58. The van der Waals surface area contributed by atoms with E-state index in [0.29, 0.717) is 23.3 Å². The monoisotopic (exact) mass is 277 g/mol. The van der Waals surface area contributed by atoms with Gasteiger partial charge in [-0.05, 0) is 32.0 Å². The maximum Gasteiger partial charge on any atom is 0.218 e. The predicted molar refractivity (Wildman–Crippen MR) is 76.6 cm³/mol. The second kappa shape index (κ2) is 6.38.